The Kier molecular flexibility index (Phi) is 4.45. The summed E-state index contributed by atoms with van der Waals surface area (Å²) in [7, 11) is 0. The van der Waals surface area contributed by atoms with E-state index in [4.69, 9.17) is 5.11 Å². The first-order valence-corrected chi connectivity index (χ1v) is 3.28. The number of carboxylic acids is 1. The Labute approximate surface area is 94.6 Å². The fraction of sp³-hybridized carbons (Fsp3) is 0.250. The molecule has 0 saturated carbocycles. The number of hydrogen-bond acceptors (Lipinski definition) is 2. The molecular formula is C8H10NNaO2. The second kappa shape index (κ2) is 4.60. The Balaban J connectivity index is 0. The molecule has 4 heteroatoms. The molecule has 0 bridgehead atoms. The number of carboxylic acid groups (broad SMARTS) is 1. The molecular weight excluding hydrogens is 165 g/mol. The largest absolute Gasteiger partial charge is 1.00 e. The normalized spacial score (nSPS) is 8.83. The number of aryl methyl sites for hydroxylation is 2. The van der Waals surface area contributed by atoms with Gasteiger partial charge >= 0.3 is 35.5 Å². The summed E-state index contributed by atoms with van der Waals surface area (Å²) in [5, 5.41) is 8.65. The molecule has 0 saturated heterocycles. The van der Waals surface area contributed by atoms with Gasteiger partial charge in [-0.2, -0.15) is 0 Å². The molecule has 0 fully saturated rings. The maximum atomic E-state index is 10.5. The zero-order chi connectivity index (χ0) is 8.43. The van der Waals surface area contributed by atoms with E-state index in [2.05, 4.69) is 4.98 Å². The number of carbonyl (C=O) groups is 1. The molecule has 1 heterocycles. The second-order valence-corrected chi connectivity index (χ2v) is 2.45. The van der Waals surface area contributed by atoms with E-state index in [-0.39, 0.29) is 36.5 Å². The van der Waals surface area contributed by atoms with Crippen molar-refractivity contribution in [2.24, 2.45) is 0 Å². The van der Waals surface area contributed by atoms with Crippen LogP contribution in [-0.2, 0) is 0 Å². The van der Waals surface area contributed by atoms with E-state index in [0.29, 0.717) is 5.69 Å². The molecule has 0 spiro atoms. The Morgan fingerprint density at radius 3 is 2.58 bits per heavy atom. The van der Waals surface area contributed by atoms with Crippen molar-refractivity contribution < 1.29 is 40.9 Å². The van der Waals surface area contributed by atoms with Crippen LogP contribution in [0, 0.1) is 13.8 Å². The summed E-state index contributed by atoms with van der Waals surface area (Å²) in [6.07, 6.45) is 1.65. The van der Waals surface area contributed by atoms with Crippen LogP contribution in [0.1, 0.15) is 23.0 Å². The molecule has 0 aliphatic heterocycles. The van der Waals surface area contributed by atoms with Crippen molar-refractivity contribution in [3.63, 3.8) is 0 Å². The Bertz CT molecular complexity index is 304. The van der Waals surface area contributed by atoms with Gasteiger partial charge in [-0.25, -0.2) is 4.79 Å². The van der Waals surface area contributed by atoms with Gasteiger partial charge < -0.3 is 6.53 Å². The smallest absolute Gasteiger partial charge is 1.00 e. The van der Waals surface area contributed by atoms with Gasteiger partial charge in [0, 0.05) is 6.20 Å². The van der Waals surface area contributed by atoms with Crippen LogP contribution >= 0.6 is 0 Å². The van der Waals surface area contributed by atoms with Crippen LogP contribution in [0.25, 0.3) is 0 Å². The minimum atomic E-state index is -0.918. The van der Waals surface area contributed by atoms with E-state index in [1.165, 1.54) is 0 Å². The first kappa shape index (κ1) is 11.6. The minimum absolute atomic E-state index is 0. The van der Waals surface area contributed by atoms with Crippen LogP contribution in [0.5, 0.6) is 0 Å². The summed E-state index contributed by atoms with van der Waals surface area (Å²) >= 11 is 0. The summed E-state index contributed by atoms with van der Waals surface area (Å²) in [6.45, 7) is 3.50. The average molecular weight is 175 g/mol. The molecule has 1 aromatic rings. The molecule has 0 aliphatic carbocycles. The number of rotatable bonds is 1. The standard InChI is InChI=1S/C8H9NO2.Na.H/c1-5-3-7(8(10)11)6(2)9-4-5;;/h3-4H,1-2H3,(H,10,11);;/q;+1;-1. The maximum absolute atomic E-state index is 10.5. The Morgan fingerprint density at radius 2 is 2.17 bits per heavy atom. The summed E-state index contributed by atoms with van der Waals surface area (Å²) < 4.78 is 0. The molecule has 60 valence electrons. The summed E-state index contributed by atoms with van der Waals surface area (Å²) in [5.74, 6) is -0.918. The fourth-order valence-electron chi connectivity index (χ4n) is 0.854. The fourth-order valence-corrected chi connectivity index (χ4v) is 0.854. The van der Waals surface area contributed by atoms with Crippen molar-refractivity contribution in [1.29, 1.82) is 0 Å². The van der Waals surface area contributed by atoms with Gasteiger partial charge in [0.2, 0.25) is 0 Å². The van der Waals surface area contributed by atoms with E-state index in [1.807, 2.05) is 6.92 Å². The maximum Gasteiger partial charge on any atom is 1.00 e. The van der Waals surface area contributed by atoms with E-state index in [0.717, 1.165) is 5.56 Å². The monoisotopic (exact) mass is 175 g/mol. The minimum Gasteiger partial charge on any atom is -1.00 e. The number of pyridine rings is 1. The first-order chi connectivity index (χ1) is 5.11. The third kappa shape index (κ3) is 2.59. The topological polar surface area (TPSA) is 50.2 Å². The van der Waals surface area contributed by atoms with Crippen molar-refractivity contribution in [3.8, 4) is 0 Å². The number of aromatic nitrogens is 1. The van der Waals surface area contributed by atoms with Crippen LogP contribution in [0.2, 0.25) is 0 Å². The van der Waals surface area contributed by atoms with E-state index >= 15 is 0 Å². The molecule has 0 radical (unpaired) electrons. The van der Waals surface area contributed by atoms with Gasteiger partial charge in [-0.05, 0) is 25.5 Å². The molecule has 0 aliphatic rings. The summed E-state index contributed by atoms with van der Waals surface area (Å²) in [5.41, 5.74) is 1.71. The number of hydrogen-bond donors (Lipinski definition) is 1. The molecule has 0 atom stereocenters. The quantitative estimate of drug-likeness (QED) is 0.529. The third-order valence-corrected chi connectivity index (χ3v) is 1.45. The molecule has 0 unspecified atom stereocenters. The summed E-state index contributed by atoms with van der Waals surface area (Å²) in [4.78, 5) is 14.5. The van der Waals surface area contributed by atoms with Gasteiger partial charge in [-0.1, -0.05) is 0 Å². The van der Waals surface area contributed by atoms with Crippen LogP contribution in [0.3, 0.4) is 0 Å². The molecule has 3 nitrogen and oxygen atoms in total. The molecule has 1 N–H and O–H groups in total. The van der Waals surface area contributed by atoms with Gasteiger partial charge in [0.25, 0.3) is 0 Å². The zero-order valence-electron chi connectivity index (χ0n) is 8.46. The summed E-state index contributed by atoms with van der Waals surface area (Å²) in [6, 6.07) is 1.62. The molecule has 1 rings (SSSR count). The van der Waals surface area contributed by atoms with Crippen LogP contribution in [0.15, 0.2) is 12.3 Å². The van der Waals surface area contributed by atoms with Crippen molar-refractivity contribution in [2.45, 2.75) is 13.8 Å². The van der Waals surface area contributed by atoms with Crippen molar-refractivity contribution in [3.05, 3.63) is 29.1 Å². The molecule has 0 aromatic carbocycles. The van der Waals surface area contributed by atoms with Gasteiger partial charge in [-0.15, -0.1) is 0 Å². The van der Waals surface area contributed by atoms with Crippen molar-refractivity contribution in [1.82, 2.24) is 4.98 Å². The number of aromatic carboxylic acids is 1. The molecule has 1 aromatic heterocycles. The van der Waals surface area contributed by atoms with Crippen molar-refractivity contribution in [2.75, 3.05) is 0 Å². The number of nitrogens with zero attached hydrogens (tertiary/aromatic N) is 1. The third-order valence-electron chi connectivity index (χ3n) is 1.45. The zero-order valence-corrected chi connectivity index (χ0v) is 9.46. The molecule has 0 amide bonds. The van der Waals surface area contributed by atoms with E-state index < -0.39 is 5.97 Å². The Hall–Kier alpha value is -0.380. The van der Waals surface area contributed by atoms with E-state index in [9.17, 15) is 4.79 Å². The van der Waals surface area contributed by atoms with Crippen LogP contribution in [-0.4, -0.2) is 16.1 Å². The molecule has 12 heavy (non-hydrogen) atoms. The second-order valence-electron chi connectivity index (χ2n) is 2.45. The first-order valence-electron chi connectivity index (χ1n) is 3.28. The predicted octanol–water partition coefficient (Wildman–Crippen LogP) is -1.49. The Morgan fingerprint density at radius 1 is 1.58 bits per heavy atom. The average Bonchev–Trinajstić information content (AvgIpc) is 1.94. The van der Waals surface area contributed by atoms with Gasteiger partial charge in [0.15, 0.2) is 0 Å². The van der Waals surface area contributed by atoms with E-state index in [1.54, 1.807) is 19.2 Å². The van der Waals surface area contributed by atoms with Crippen LogP contribution in [0.4, 0.5) is 0 Å². The van der Waals surface area contributed by atoms with Crippen molar-refractivity contribution >= 4 is 5.97 Å². The van der Waals surface area contributed by atoms with Gasteiger partial charge in [0.1, 0.15) is 0 Å². The predicted molar refractivity (Wildman–Crippen MR) is 41.8 cm³/mol. The van der Waals surface area contributed by atoms with Crippen LogP contribution < -0.4 is 29.6 Å². The van der Waals surface area contributed by atoms with Gasteiger partial charge in [0.05, 0.1) is 11.3 Å². The van der Waals surface area contributed by atoms with Gasteiger partial charge in [-0.3, -0.25) is 4.98 Å². The SMILES string of the molecule is Cc1cnc(C)c(C(=O)O)c1.[H-].[Na+].